The molecule has 0 aliphatic heterocycles. The van der Waals surface area contributed by atoms with Crippen molar-refractivity contribution in [2.75, 3.05) is 0 Å². The number of hydrogen-bond donors (Lipinski definition) is 0. The van der Waals surface area contributed by atoms with E-state index in [4.69, 9.17) is 0 Å². The molecule has 2 aliphatic rings. The number of hydrogen-bond acceptors (Lipinski definition) is 0. The van der Waals surface area contributed by atoms with Gasteiger partial charge in [-0.05, 0) is 31.1 Å². The highest BCUT2D eigenvalue weighted by molar-refractivity contribution is 4.95. The van der Waals surface area contributed by atoms with Crippen molar-refractivity contribution in [1.82, 2.24) is 0 Å². The fourth-order valence-corrected chi connectivity index (χ4v) is 1.18. The molecule has 0 heterocycles. The Kier molecular flexibility index (Phi) is 1.36. The fourth-order valence-electron chi connectivity index (χ4n) is 1.18. The van der Waals surface area contributed by atoms with Crippen LogP contribution in [0.3, 0.4) is 0 Å². The highest BCUT2D eigenvalue weighted by Gasteiger charge is 2.44. The van der Waals surface area contributed by atoms with E-state index in [0.29, 0.717) is 0 Å². The molecule has 2 saturated carbocycles. The quantitative estimate of drug-likeness (QED) is 0.436. The average molecular weight is 98.2 g/mol. The molecule has 0 bridgehead atoms. The lowest BCUT2D eigenvalue weighted by molar-refractivity contribution is 0.468. The first-order valence-corrected chi connectivity index (χ1v) is 3.47. The molecule has 0 heteroatoms. The monoisotopic (exact) mass is 98.1 g/mol. The molecule has 0 amide bonds. The van der Waals surface area contributed by atoms with Gasteiger partial charge in [-0.2, -0.15) is 0 Å². The number of fused-ring (bicyclic) bond motifs is 1. The molecule has 2 fully saturated rings. The van der Waals surface area contributed by atoms with Crippen molar-refractivity contribution in [3.63, 3.8) is 0 Å². The second-order valence-electron chi connectivity index (χ2n) is 2.33. The van der Waals surface area contributed by atoms with E-state index in [-0.39, 0.29) is 0 Å². The van der Waals surface area contributed by atoms with Gasteiger partial charge in [0.25, 0.3) is 0 Å². The van der Waals surface area contributed by atoms with Gasteiger partial charge < -0.3 is 0 Å². The SMILES string of the molecule is C1CC2CC12.CC. The van der Waals surface area contributed by atoms with Crippen molar-refractivity contribution >= 4 is 0 Å². The Labute approximate surface area is 45.9 Å². The Hall–Kier alpha value is 0. The molecular formula is C7H14. The van der Waals surface area contributed by atoms with Crippen molar-refractivity contribution in [1.29, 1.82) is 0 Å². The second kappa shape index (κ2) is 1.85. The summed E-state index contributed by atoms with van der Waals surface area (Å²) in [4.78, 5) is 0. The van der Waals surface area contributed by atoms with Crippen molar-refractivity contribution in [3.8, 4) is 0 Å². The van der Waals surface area contributed by atoms with E-state index in [9.17, 15) is 0 Å². The molecule has 2 rings (SSSR count). The molecule has 7 heavy (non-hydrogen) atoms. The lowest BCUT2D eigenvalue weighted by Crippen LogP contribution is -1.93. The molecule has 2 unspecified atom stereocenters. The van der Waals surface area contributed by atoms with Crippen LogP contribution in [0.5, 0.6) is 0 Å². The lowest BCUT2D eigenvalue weighted by Gasteiger charge is -2.04. The normalized spacial score (nSPS) is 42.0. The van der Waals surface area contributed by atoms with Crippen molar-refractivity contribution in [3.05, 3.63) is 0 Å². The summed E-state index contributed by atoms with van der Waals surface area (Å²) in [6.45, 7) is 4.00. The summed E-state index contributed by atoms with van der Waals surface area (Å²) in [6.07, 6.45) is 4.70. The minimum absolute atomic E-state index is 1.23. The van der Waals surface area contributed by atoms with Gasteiger partial charge in [-0.25, -0.2) is 0 Å². The molecule has 42 valence electrons. The topological polar surface area (TPSA) is 0 Å². The Bertz CT molecular complexity index is 45.1. The van der Waals surface area contributed by atoms with Gasteiger partial charge in [-0.15, -0.1) is 0 Å². The third kappa shape index (κ3) is 0.793. The summed E-state index contributed by atoms with van der Waals surface area (Å²) in [7, 11) is 0. The standard InChI is InChI=1S/C5H8.C2H6/c1-2-5-3-4(1)5;1-2/h4-5H,1-3H2;1-2H3. The maximum absolute atomic E-state index is 2.00. The zero-order valence-electron chi connectivity index (χ0n) is 5.28. The molecule has 2 aliphatic carbocycles. The Morgan fingerprint density at radius 1 is 1.00 bits per heavy atom. The summed E-state index contributed by atoms with van der Waals surface area (Å²) in [6, 6.07) is 0. The van der Waals surface area contributed by atoms with Crippen LogP contribution in [0.1, 0.15) is 33.1 Å². The smallest absolute Gasteiger partial charge is 0.0383 e. The van der Waals surface area contributed by atoms with E-state index in [1.165, 1.54) is 11.8 Å². The molecule has 0 N–H and O–H groups in total. The predicted octanol–water partition coefficient (Wildman–Crippen LogP) is 2.44. The zero-order valence-corrected chi connectivity index (χ0v) is 5.28. The lowest BCUT2D eigenvalue weighted by atomic mass is 10.0. The highest BCUT2D eigenvalue weighted by atomic mass is 14.5. The van der Waals surface area contributed by atoms with Crippen LogP contribution in [0.4, 0.5) is 0 Å². The number of rotatable bonds is 0. The van der Waals surface area contributed by atoms with E-state index in [1.54, 1.807) is 19.3 Å². The predicted molar refractivity (Wildman–Crippen MR) is 32.2 cm³/mol. The highest BCUT2D eigenvalue weighted by Crippen LogP contribution is 2.55. The summed E-state index contributed by atoms with van der Waals surface area (Å²) < 4.78 is 0. The molecule has 0 aromatic rings. The van der Waals surface area contributed by atoms with Crippen LogP contribution in [-0.2, 0) is 0 Å². The van der Waals surface area contributed by atoms with Crippen LogP contribution in [0.15, 0.2) is 0 Å². The van der Waals surface area contributed by atoms with Gasteiger partial charge in [0, 0.05) is 0 Å². The van der Waals surface area contributed by atoms with Crippen LogP contribution < -0.4 is 0 Å². The maximum Gasteiger partial charge on any atom is -0.0383 e. The van der Waals surface area contributed by atoms with Gasteiger partial charge in [0.1, 0.15) is 0 Å². The third-order valence-electron chi connectivity index (χ3n) is 1.98. The second-order valence-corrected chi connectivity index (χ2v) is 2.33. The van der Waals surface area contributed by atoms with Crippen molar-refractivity contribution < 1.29 is 0 Å². The van der Waals surface area contributed by atoms with E-state index < -0.39 is 0 Å². The van der Waals surface area contributed by atoms with Gasteiger partial charge in [-0.3, -0.25) is 0 Å². The zero-order chi connectivity index (χ0) is 5.28. The van der Waals surface area contributed by atoms with E-state index in [0.717, 1.165) is 0 Å². The molecule has 0 radical (unpaired) electrons. The Balaban J connectivity index is 0.000000112. The summed E-state index contributed by atoms with van der Waals surface area (Å²) in [5, 5.41) is 0. The third-order valence-corrected chi connectivity index (χ3v) is 1.98. The first kappa shape index (κ1) is 5.14. The van der Waals surface area contributed by atoms with E-state index in [2.05, 4.69) is 0 Å². The van der Waals surface area contributed by atoms with Gasteiger partial charge in [0.05, 0.1) is 0 Å². The molecule has 0 aromatic carbocycles. The first-order chi connectivity index (χ1) is 3.47. The van der Waals surface area contributed by atoms with Crippen molar-refractivity contribution in [2.45, 2.75) is 33.1 Å². The van der Waals surface area contributed by atoms with Gasteiger partial charge in [0.15, 0.2) is 0 Å². The van der Waals surface area contributed by atoms with Crippen LogP contribution in [0, 0.1) is 11.8 Å². The van der Waals surface area contributed by atoms with Gasteiger partial charge in [0.2, 0.25) is 0 Å². The molecule has 0 nitrogen and oxygen atoms in total. The maximum atomic E-state index is 2.00. The fraction of sp³-hybridized carbons (Fsp3) is 1.00. The first-order valence-electron chi connectivity index (χ1n) is 3.47. The molecular weight excluding hydrogens is 84.1 g/mol. The van der Waals surface area contributed by atoms with Crippen LogP contribution in [0.2, 0.25) is 0 Å². The minimum Gasteiger partial charge on any atom is -0.0683 e. The molecule has 0 aromatic heterocycles. The van der Waals surface area contributed by atoms with Crippen LogP contribution in [-0.4, -0.2) is 0 Å². The summed E-state index contributed by atoms with van der Waals surface area (Å²) >= 11 is 0. The Morgan fingerprint density at radius 3 is 1.43 bits per heavy atom. The largest absolute Gasteiger partial charge is 0.0683 e. The Morgan fingerprint density at radius 2 is 1.43 bits per heavy atom. The molecule has 0 saturated heterocycles. The molecule has 2 atom stereocenters. The van der Waals surface area contributed by atoms with Crippen LogP contribution in [0.25, 0.3) is 0 Å². The molecule has 0 spiro atoms. The minimum atomic E-state index is 1.23. The summed E-state index contributed by atoms with van der Waals surface area (Å²) in [5.74, 6) is 2.46. The van der Waals surface area contributed by atoms with E-state index >= 15 is 0 Å². The summed E-state index contributed by atoms with van der Waals surface area (Å²) in [5.41, 5.74) is 0. The van der Waals surface area contributed by atoms with Crippen molar-refractivity contribution in [2.24, 2.45) is 11.8 Å². The van der Waals surface area contributed by atoms with Crippen LogP contribution >= 0.6 is 0 Å². The average Bonchev–Trinajstić information content (AvgIpc) is 2.21. The van der Waals surface area contributed by atoms with Gasteiger partial charge >= 0.3 is 0 Å². The van der Waals surface area contributed by atoms with Gasteiger partial charge in [-0.1, -0.05) is 13.8 Å². The van der Waals surface area contributed by atoms with E-state index in [1.807, 2.05) is 13.8 Å².